The predicted octanol–water partition coefficient (Wildman–Crippen LogP) is 3.70. The maximum Gasteiger partial charge on any atom is 0.198 e. The number of aromatic amines is 1. The summed E-state index contributed by atoms with van der Waals surface area (Å²) in [7, 11) is 0. The number of carbonyl (C=O) groups excluding carboxylic acids is 1. The molecule has 5 heteroatoms. The highest BCUT2D eigenvalue weighted by molar-refractivity contribution is 9.10. The number of hydrogen-bond donors (Lipinski definition) is 1. The molecule has 3 nitrogen and oxygen atoms in total. The summed E-state index contributed by atoms with van der Waals surface area (Å²) in [5, 5.41) is 0.690. The fraction of sp³-hybridized carbons (Fsp3) is 0. The van der Waals surface area contributed by atoms with Crippen LogP contribution in [-0.2, 0) is 0 Å². The monoisotopic (exact) mass is 318 g/mol. The van der Waals surface area contributed by atoms with E-state index in [0.29, 0.717) is 15.4 Å². The van der Waals surface area contributed by atoms with Gasteiger partial charge in [-0.3, -0.25) is 9.78 Å². The van der Waals surface area contributed by atoms with Crippen molar-refractivity contribution in [1.82, 2.24) is 9.97 Å². The molecular formula is C14H8BrFN2O. The van der Waals surface area contributed by atoms with Gasteiger partial charge >= 0.3 is 0 Å². The summed E-state index contributed by atoms with van der Waals surface area (Å²) < 4.78 is 14.4. The van der Waals surface area contributed by atoms with Crippen LogP contribution in [-0.4, -0.2) is 15.8 Å². The van der Waals surface area contributed by atoms with Crippen LogP contribution < -0.4 is 0 Å². The third-order valence-electron chi connectivity index (χ3n) is 2.90. The highest BCUT2D eigenvalue weighted by Gasteiger charge is 2.17. The highest BCUT2D eigenvalue weighted by atomic mass is 79.9. The molecule has 0 spiro atoms. The molecular weight excluding hydrogens is 311 g/mol. The first kappa shape index (κ1) is 12.0. The Morgan fingerprint density at radius 2 is 2.11 bits per heavy atom. The van der Waals surface area contributed by atoms with Crippen molar-refractivity contribution >= 4 is 32.6 Å². The fourth-order valence-corrected chi connectivity index (χ4v) is 2.30. The standard InChI is InChI=1S/C14H8BrFN2O/c15-8-1-2-9(12(16)5-8)14(19)11-7-18-13-3-4-17-6-10(11)13/h1-7,18H. The lowest BCUT2D eigenvalue weighted by atomic mass is 10.0. The Hall–Kier alpha value is -2.01. The molecule has 0 fully saturated rings. The second-order valence-corrected chi connectivity index (χ2v) is 4.99. The maximum atomic E-state index is 13.8. The second-order valence-electron chi connectivity index (χ2n) is 4.08. The van der Waals surface area contributed by atoms with Gasteiger partial charge in [0.25, 0.3) is 0 Å². The molecule has 94 valence electrons. The Morgan fingerprint density at radius 1 is 1.26 bits per heavy atom. The summed E-state index contributed by atoms with van der Waals surface area (Å²) >= 11 is 3.17. The van der Waals surface area contributed by atoms with Gasteiger partial charge in [0, 0.05) is 39.5 Å². The van der Waals surface area contributed by atoms with E-state index in [1.54, 1.807) is 30.7 Å². The van der Waals surface area contributed by atoms with Crippen LogP contribution in [0.1, 0.15) is 15.9 Å². The van der Waals surface area contributed by atoms with Crippen molar-refractivity contribution in [3.8, 4) is 0 Å². The quantitative estimate of drug-likeness (QED) is 0.732. The molecule has 0 atom stereocenters. The molecule has 19 heavy (non-hydrogen) atoms. The summed E-state index contributed by atoms with van der Waals surface area (Å²) in [5.74, 6) is -0.901. The first-order valence-electron chi connectivity index (χ1n) is 5.57. The van der Waals surface area contributed by atoms with Crippen LogP contribution in [0.3, 0.4) is 0 Å². The minimum Gasteiger partial charge on any atom is -0.360 e. The van der Waals surface area contributed by atoms with Crippen molar-refractivity contribution in [2.45, 2.75) is 0 Å². The van der Waals surface area contributed by atoms with Crippen molar-refractivity contribution in [3.05, 3.63) is 64.3 Å². The number of halogens is 2. The summed E-state index contributed by atoms with van der Waals surface area (Å²) in [6.07, 6.45) is 4.80. The van der Waals surface area contributed by atoms with Crippen molar-refractivity contribution in [2.75, 3.05) is 0 Å². The molecule has 0 aliphatic carbocycles. The molecule has 1 N–H and O–H groups in total. The molecule has 3 aromatic rings. The number of carbonyl (C=O) groups is 1. The molecule has 2 heterocycles. The maximum absolute atomic E-state index is 13.8. The van der Waals surface area contributed by atoms with Gasteiger partial charge in [0.2, 0.25) is 0 Å². The Kier molecular flexibility index (Phi) is 2.91. The minimum absolute atomic E-state index is 0.0490. The zero-order valence-corrected chi connectivity index (χ0v) is 11.2. The van der Waals surface area contributed by atoms with E-state index < -0.39 is 5.82 Å². The lowest BCUT2D eigenvalue weighted by Gasteiger charge is -2.02. The number of nitrogens with one attached hydrogen (secondary N) is 1. The van der Waals surface area contributed by atoms with Crippen LogP contribution in [0, 0.1) is 5.82 Å². The van der Waals surface area contributed by atoms with E-state index in [0.717, 1.165) is 5.52 Å². The Morgan fingerprint density at radius 3 is 2.89 bits per heavy atom. The van der Waals surface area contributed by atoms with Gasteiger partial charge in [-0.25, -0.2) is 4.39 Å². The highest BCUT2D eigenvalue weighted by Crippen LogP contribution is 2.23. The summed E-state index contributed by atoms with van der Waals surface area (Å²) in [6, 6.07) is 6.16. The molecule has 0 radical (unpaired) electrons. The van der Waals surface area contributed by atoms with Crippen molar-refractivity contribution in [2.24, 2.45) is 0 Å². The number of pyridine rings is 1. The minimum atomic E-state index is -0.544. The third-order valence-corrected chi connectivity index (χ3v) is 3.40. The van der Waals surface area contributed by atoms with Gasteiger partial charge in [-0.2, -0.15) is 0 Å². The topological polar surface area (TPSA) is 45.8 Å². The number of fused-ring (bicyclic) bond motifs is 1. The molecule has 0 bridgehead atoms. The van der Waals surface area contributed by atoms with Gasteiger partial charge in [-0.1, -0.05) is 15.9 Å². The van der Waals surface area contributed by atoms with Gasteiger partial charge in [0.15, 0.2) is 5.78 Å². The molecule has 0 aliphatic heterocycles. The Bertz CT molecular complexity index is 782. The van der Waals surface area contributed by atoms with E-state index in [9.17, 15) is 9.18 Å². The molecule has 0 aliphatic rings. The number of benzene rings is 1. The normalized spacial score (nSPS) is 10.8. The van der Waals surface area contributed by atoms with Crippen molar-refractivity contribution in [3.63, 3.8) is 0 Å². The summed E-state index contributed by atoms with van der Waals surface area (Å²) in [6.45, 7) is 0. The van der Waals surface area contributed by atoms with Crippen LogP contribution >= 0.6 is 15.9 Å². The number of hydrogen-bond acceptors (Lipinski definition) is 2. The first-order valence-corrected chi connectivity index (χ1v) is 6.37. The number of aromatic nitrogens is 2. The van der Waals surface area contributed by atoms with E-state index in [4.69, 9.17) is 0 Å². The molecule has 0 saturated heterocycles. The van der Waals surface area contributed by atoms with Crippen molar-refractivity contribution in [1.29, 1.82) is 0 Å². The molecule has 2 aromatic heterocycles. The van der Waals surface area contributed by atoms with Crippen LogP contribution in [0.5, 0.6) is 0 Å². The number of nitrogens with zero attached hydrogens (tertiary/aromatic N) is 1. The molecule has 0 saturated carbocycles. The molecule has 0 amide bonds. The van der Waals surface area contributed by atoms with Crippen LogP contribution in [0.25, 0.3) is 10.9 Å². The number of H-pyrrole nitrogens is 1. The van der Waals surface area contributed by atoms with Crippen LogP contribution in [0.4, 0.5) is 4.39 Å². The van der Waals surface area contributed by atoms with Crippen LogP contribution in [0.15, 0.2) is 47.3 Å². The van der Waals surface area contributed by atoms with Gasteiger partial charge < -0.3 is 4.98 Å². The fourth-order valence-electron chi connectivity index (χ4n) is 1.97. The Labute approximate surface area is 116 Å². The lowest BCUT2D eigenvalue weighted by Crippen LogP contribution is -2.03. The summed E-state index contributed by atoms with van der Waals surface area (Å²) in [5.41, 5.74) is 1.27. The SMILES string of the molecule is O=C(c1ccc(Br)cc1F)c1c[nH]c2ccncc12. The predicted molar refractivity (Wildman–Crippen MR) is 73.6 cm³/mol. The van der Waals surface area contributed by atoms with Crippen LogP contribution in [0.2, 0.25) is 0 Å². The lowest BCUT2D eigenvalue weighted by molar-refractivity contribution is 0.103. The molecule has 3 rings (SSSR count). The largest absolute Gasteiger partial charge is 0.360 e. The van der Waals surface area contributed by atoms with E-state index in [2.05, 4.69) is 25.9 Å². The number of ketones is 1. The number of rotatable bonds is 2. The zero-order chi connectivity index (χ0) is 13.4. The smallest absolute Gasteiger partial charge is 0.198 e. The Balaban J connectivity index is 2.13. The van der Waals surface area contributed by atoms with E-state index >= 15 is 0 Å². The van der Waals surface area contributed by atoms with Gasteiger partial charge in [-0.15, -0.1) is 0 Å². The molecule has 1 aromatic carbocycles. The van der Waals surface area contributed by atoms with Crippen molar-refractivity contribution < 1.29 is 9.18 Å². The van der Waals surface area contributed by atoms with Gasteiger partial charge in [-0.05, 0) is 24.3 Å². The van der Waals surface area contributed by atoms with E-state index in [1.807, 2.05) is 0 Å². The first-order chi connectivity index (χ1) is 9.16. The summed E-state index contributed by atoms with van der Waals surface area (Å²) in [4.78, 5) is 19.3. The average molecular weight is 319 g/mol. The third kappa shape index (κ3) is 2.06. The van der Waals surface area contributed by atoms with Gasteiger partial charge in [0.1, 0.15) is 5.82 Å². The molecule has 0 unspecified atom stereocenters. The average Bonchev–Trinajstić information content (AvgIpc) is 2.82. The zero-order valence-electron chi connectivity index (χ0n) is 9.65. The second kappa shape index (κ2) is 4.59. The van der Waals surface area contributed by atoms with E-state index in [-0.39, 0.29) is 11.3 Å². The van der Waals surface area contributed by atoms with Gasteiger partial charge in [0.05, 0.1) is 5.56 Å². The van der Waals surface area contributed by atoms with E-state index in [1.165, 1.54) is 12.1 Å².